The first kappa shape index (κ1) is 31.2. The quantitative estimate of drug-likeness (QED) is 0.169. The fraction of sp³-hybridized carbons (Fsp3) is 0.115. The Labute approximate surface area is 316 Å². The molecule has 2 nitrogen and oxygen atoms in total. The van der Waals surface area contributed by atoms with Crippen molar-refractivity contribution in [2.75, 3.05) is 22.9 Å². The van der Waals surface area contributed by atoms with Crippen LogP contribution in [0.15, 0.2) is 170 Å². The first-order valence-corrected chi connectivity index (χ1v) is 19.5. The van der Waals surface area contributed by atoms with Crippen LogP contribution in [-0.4, -0.2) is 13.1 Å². The van der Waals surface area contributed by atoms with Crippen molar-refractivity contribution in [1.82, 2.24) is 0 Å². The van der Waals surface area contributed by atoms with Gasteiger partial charge < -0.3 is 9.80 Å². The summed E-state index contributed by atoms with van der Waals surface area (Å²) in [5.74, 6) is 0. The molecule has 258 valence electrons. The van der Waals surface area contributed by atoms with Crippen molar-refractivity contribution in [2.24, 2.45) is 0 Å². The van der Waals surface area contributed by atoms with Gasteiger partial charge >= 0.3 is 0 Å². The summed E-state index contributed by atoms with van der Waals surface area (Å²) < 4.78 is 0. The molecule has 0 atom stereocenters. The van der Waals surface area contributed by atoms with Crippen LogP contribution in [0.1, 0.15) is 24.0 Å². The number of hydrogen-bond acceptors (Lipinski definition) is 2. The number of nitrogens with zero attached hydrogens (tertiary/aromatic N) is 2. The maximum atomic E-state index is 2.55. The summed E-state index contributed by atoms with van der Waals surface area (Å²) in [4.78, 5) is 5.10. The summed E-state index contributed by atoms with van der Waals surface area (Å²) in [6.45, 7) is 2.02. The van der Waals surface area contributed by atoms with Gasteiger partial charge in [0.1, 0.15) is 0 Å². The van der Waals surface area contributed by atoms with E-state index in [1.807, 2.05) is 0 Å². The van der Waals surface area contributed by atoms with Gasteiger partial charge in [0, 0.05) is 35.8 Å². The Morgan fingerprint density at radius 2 is 0.907 bits per heavy atom. The maximum absolute atomic E-state index is 2.55. The van der Waals surface area contributed by atoms with Crippen molar-refractivity contribution in [3.05, 3.63) is 181 Å². The van der Waals surface area contributed by atoms with Crippen molar-refractivity contribution < 1.29 is 0 Å². The second kappa shape index (κ2) is 12.6. The average molecular weight is 693 g/mol. The molecular formula is C52H40N2. The molecule has 0 unspecified atom stereocenters. The molecule has 0 fully saturated rings. The number of hydrogen-bond donors (Lipinski definition) is 0. The SMILES string of the molecule is c1ccc2c(c1)CCCN2c1ccc2c(-c3ccc4ccccc4c3)c3ccc(N4CCCc5ccccc54)cc3c(-c3cccc4ccccc34)c2c1. The van der Waals surface area contributed by atoms with E-state index < -0.39 is 0 Å². The van der Waals surface area contributed by atoms with Crippen LogP contribution in [-0.2, 0) is 12.8 Å². The van der Waals surface area contributed by atoms with Gasteiger partial charge in [-0.3, -0.25) is 0 Å². The highest BCUT2D eigenvalue weighted by Crippen LogP contribution is 2.49. The summed E-state index contributed by atoms with van der Waals surface area (Å²) in [7, 11) is 0. The van der Waals surface area contributed by atoms with Crippen molar-refractivity contribution >= 4 is 65.8 Å². The van der Waals surface area contributed by atoms with Gasteiger partial charge in [-0.1, -0.05) is 127 Å². The topological polar surface area (TPSA) is 6.48 Å². The molecule has 2 aliphatic rings. The molecule has 0 radical (unpaired) electrons. The third kappa shape index (κ3) is 5.01. The number of benzene rings is 9. The minimum atomic E-state index is 1.01. The van der Waals surface area contributed by atoms with Crippen LogP contribution in [0.3, 0.4) is 0 Å². The predicted octanol–water partition coefficient (Wildman–Crippen LogP) is 13.8. The number of para-hydroxylation sites is 2. The Kier molecular flexibility index (Phi) is 7.30. The zero-order valence-corrected chi connectivity index (χ0v) is 30.3. The molecule has 2 heterocycles. The lowest BCUT2D eigenvalue weighted by molar-refractivity contribution is 0.767. The summed E-state index contributed by atoms with van der Waals surface area (Å²) in [5, 5.41) is 10.2. The van der Waals surface area contributed by atoms with Gasteiger partial charge in [0.2, 0.25) is 0 Å². The minimum absolute atomic E-state index is 1.01. The van der Waals surface area contributed by atoms with Gasteiger partial charge in [0.25, 0.3) is 0 Å². The van der Waals surface area contributed by atoms with E-state index in [4.69, 9.17) is 0 Å². The Balaban J connectivity index is 1.27. The van der Waals surface area contributed by atoms with Gasteiger partial charge in [-0.15, -0.1) is 0 Å². The van der Waals surface area contributed by atoms with E-state index in [9.17, 15) is 0 Å². The van der Waals surface area contributed by atoms with Crippen LogP contribution >= 0.6 is 0 Å². The van der Waals surface area contributed by atoms with E-state index in [1.165, 1.54) is 99.2 Å². The van der Waals surface area contributed by atoms with Gasteiger partial charge in [-0.25, -0.2) is 0 Å². The van der Waals surface area contributed by atoms with Crippen LogP contribution in [0.5, 0.6) is 0 Å². The van der Waals surface area contributed by atoms with Crippen LogP contribution in [0.25, 0.3) is 65.3 Å². The fourth-order valence-corrected chi connectivity index (χ4v) is 9.53. The second-order valence-corrected chi connectivity index (χ2v) is 15.1. The summed E-state index contributed by atoms with van der Waals surface area (Å²) in [5.41, 5.74) is 13.2. The van der Waals surface area contributed by atoms with Gasteiger partial charge in [-0.2, -0.15) is 0 Å². The lowest BCUT2D eigenvalue weighted by atomic mass is 9.83. The highest BCUT2D eigenvalue weighted by Gasteiger charge is 2.24. The smallest absolute Gasteiger partial charge is 0.0443 e. The standard InChI is InChI=1S/C52H40N2/c1-2-16-39-32-40(25-24-35(39)12-1)51-45-28-26-41(53-30-10-18-37-14-4-7-22-49(37)53)33-47(45)52(44-21-9-17-36-13-3-6-20-43(36)44)48-34-42(27-29-46(48)51)54-31-11-19-38-15-5-8-23-50(38)54/h1-9,12-17,20-29,32-34H,10-11,18-19,30-31H2. The highest BCUT2D eigenvalue weighted by molar-refractivity contribution is 6.24. The van der Waals surface area contributed by atoms with Gasteiger partial charge in [0.05, 0.1) is 0 Å². The highest BCUT2D eigenvalue weighted by atomic mass is 15.1. The normalized spacial score (nSPS) is 14.1. The van der Waals surface area contributed by atoms with E-state index >= 15 is 0 Å². The van der Waals surface area contributed by atoms with Crippen LogP contribution in [0.4, 0.5) is 22.7 Å². The molecule has 0 N–H and O–H groups in total. The van der Waals surface area contributed by atoms with Crippen LogP contribution in [0, 0.1) is 0 Å². The largest absolute Gasteiger partial charge is 0.341 e. The molecule has 0 aromatic heterocycles. The Morgan fingerprint density at radius 3 is 1.57 bits per heavy atom. The number of rotatable bonds is 4. The molecule has 0 saturated carbocycles. The molecule has 9 aromatic rings. The fourth-order valence-electron chi connectivity index (χ4n) is 9.53. The van der Waals surface area contributed by atoms with Crippen molar-refractivity contribution in [3.8, 4) is 22.3 Å². The van der Waals surface area contributed by atoms with E-state index in [0.717, 1.165) is 38.8 Å². The third-order valence-electron chi connectivity index (χ3n) is 12.0. The number of anilines is 4. The van der Waals surface area contributed by atoms with Gasteiger partial charge in [-0.05, 0) is 145 Å². The third-order valence-corrected chi connectivity index (χ3v) is 12.0. The zero-order chi connectivity index (χ0) is 35.6. The van der Waals surface area contributed by atoms with E-state index in [2.05, 4.69) is 180 Å². The molecule has 0 aliphatic carbocycles. The van der Waals surface area contributed by atoms with Crippen molar-refractivity contribution in [2.45, 2.75) is 25.7 Å². The molecule has 2 heteroatoms. The molecule has 0 bridgehead atoms. The lowest BCUT2D eigenvalue weighted by Gasteiger charge is -2.32. The molecule has 0 spiro atoms. The summed E-state index contributed by atoms with van der Waals surface area (Å²) in [6, 6.07) is 64.0. The minimum Gasteiger partial charge on any atom is -0.341 e. The molecule has 11 rings (SSSR count). The molecule has 2 aliphatic heterocycles. The van der Waals surface area contributed by atoms with Crippen LogP contribution in [0.2, 0.25) is 0 Å². The molecule has 0 amide bonds. The second-order valence-electron chi connectivity index (χ2n) is 15.1. The Bertz CT molecular complexity index is 2800. The van der Waals surface area contributed by atoms with E-state index in [0.29, 0.717) is 0 Å². The zero-order valence-electron chi connectivity index (χ0n) is 30.3. The predicted molar refractivity (Wildman–Crippen MR) is 231 cm³/mol. The van der Waals surface area contributed by atoms with Crippen molar-refractivity contribution in [3.63, 3.8) is 0 Å². The van der Waals surface area contributed by atoms with E-state index in [1.54, 1.807) is 0 Å². The molecule has 9 aromatic carbocycles. The Morgan fingerprint density at radius 1 is 0.352 bits per heavy atom. The lowest BCUT2D eigenvalue weighted by Crippen LogP contribution is -2.24. The molecule has 54 heavy (non-hydrogen) atoms. The number of fused-ring (bicyclic) bond motifs is 6. The molecular weight excluding hydrogens is 653 g/mol. The summed E-state index contributed by atoms with van der Waals surface area (Å²) in [6.07, 6.45) is 4.54. The van der Waals surface area contributed by atoms with Gasteiger partial charge in [0.15, 0.2) is 0 Å². The first-order chi connectivity index (χ1) is 26.8. The van der Waals surface area contributed by atoms with E-state index in [-0.39, 0.29) is 0 Å². The average Bonchev–Trinajstić information content (AvgIpc) is 3.24. The van der Waals surface area contributed by atoms with Crippen molar-refractivity contribution in [1.29, 1.82) is 0 Å². The monoisotopic (exact) mass is 692 g/mol. The maximum Gasteiger partial charge on any atom is 0.0443 e. The summed E-state index contributed by atoms with van der Waals surface area (Å²) >= 11 is 0. The Hall–Kier alpha value is -6.38. The molecule has 0 saturated heterocycles. The van der Waals surface area contributed by atoms with Crippen LogP contribution < -0.4 is 9.80 Å². The first-order valence-electron chi connectivity index (χ1n) is 19.5. The number of aryl methyl sites for hydroxylation is 2.